The number of nitrogens with zero attached hydrogens (tertiary/aromatic N) is 3. The van der Waals surface area contributed by atoms with Crippen LogP contribution in [0.25, 0.3) is 11.4 Å². The largest absolute Gasteiger partial charge is 0.496 e. The molecule has 1 N–H and O–H groups in total. The van der Waals surface area contributed by atoms with Crippen molar-refractivity contribution in [2.24, 2.45) is 7.05 Å². The maximum absolute atomic E-state index is 13.1. The molecule has 0 aliphatic heterocycles. The van der Waals surface area contributed by atoms with E-state index in [1.54, 1.807) is 43.4 Å². The minimum absolute atomic E-state index is 0.203. The molecular weight excluding hydrogens is 351 g/mol. The van der Waals surface area contributed by atoms with E-state index in [-0.39, 0.29) is 30.5 Å². The van der Waals surface area contributed by atoms with Crippen molar-refractivity contribution in [1.82, 2.24) is 19.7 Å². The summed E-state index contributed by atoms with van der Waals surface area (Å²) in [5.74, 6) is 0.247. The monoisotopic (exact) mass is 370 g/mol. The highest BCUT2D eigenvalue weighted by molar-refractivity contribution is 5.96. The summed E-state index contributed by atoms with van der Waals surface area (Å²) in [6, 6.07) is 12.6. The molecule has 0 saturated carbocycles. The van der Waals surface area contributed by atoms with Crippen LogP contribution in [-0.2, 0) is 13.6 Å². The fraction of sp³-hybridized carbons (Fsp3) is 0.211. The molecule has 7 nitrogen and oxygen atoms in total. The molecule has 0 bridgehead atoms. The molecule has 0 fully saturated rings. The van der Waals surface area contributed by atoms with E-state index >= 15 is 0 Å². The summed E-state index contributed by atoms with van der Waals surface area (Å²) in [7, 11) is 3.09. The third-order valence-electron chi connectivity index (χ3n) is 4.10. The lowest BCUT2D eigenvalue weighted by molar-refractivity contribution is 0.0948. The molecule has 0 radical (unpaired) electrons. The number of methoxy groups -OCH3 is 1. The fourth-order valence-corrected chi connectivity index (χ4v) is 2.69. The van der Waals surface area contributed by atoms with Gasteiger partial charge < -0.3 is 10.1 Å². The van der Waals surface area contributed by atoms with Gasteiger partial charge in [-0.05, 0) is 36.4 Å². The second-order valence-electron chi connectivity index (χ2n) is 5.85. The smallest absolute Gasteiger partial charge is 0.345 e. The standard InChI is InChI=1S/C19H19FN4O3/c1-23-17(13-7-9-14(20)10-8-13)22-24(19(23)26)12-11-21-18(25)15-5-3-4-6-16(15)27-2/h3-10H,11-12H2,1-2H3,(H,21,25). The van der Waals surface area contributed by atoms with E-state index in [2.05, 4.69) is 10.4 Å². The van der Waals surface area contributed by atoms with Gasteiger partial charge in [-0.1, -0.05) is 12.1 Å². The highest BCUT2D eigenvalue weighted by Crippen LogP contribution is 2.17. The van der Waals surface area contributed by atoms with E-state index in [0.29, 0.717) is 22.7 Å². The van der Waals surface area contributed by atoms with Crippen molar-refractivity contribution in [3.05, 3.63) is 70.4 Å². The number of carbonyl (C=O) groups is 1. The number of halogens is 1. The third kappa shape index (κ3) is 3.89. The van der Waals surface area contributed by atoms with Gasteiger partial charge in [0.2, 0.25) is 0 Å². The number of hydrogen-bond donors (Lipinski definition) is 1. The lowest BCUT2D eigenvalue weighted by atomic mass is 10.2. The highest BCUT2D eigenvalue weighted by atomic mass is 19.1. The average molecular weight is 370 g/mol. The summed E-state index contributed by atoms with van der Waals surface area (Å²) in [5, 5.41) is 7.03. The van der Waals surface area contributed by atoms with Gasteiger partial charge >= 0.3 is 5.69 Å². The molecule has 1 amide bonds. The van der Waals surface area contributed by atoms with Crippen molar-refractivity contribution in [2.75, 3.05) is 13.7 Å². The average Bonchev–Trinajstić information content (AvgIpc) is 2.97. The zero-order valence-electron chi connectivity index (χ0n) is 15.0. The lowest BCUT2D eigenvalue weighted by Crippen LogP contribution is -2.31. The number of carbonyl (C=O) groups excluding carboxylic acids is 1. The second-order valence-corrected chi connectivity index (χ2v) is 5.85. The van der Waals surface area contributed by atoms with Crippen molar-refractivity contribution >= 4 is 5.91 Å². The Morgan fingerprint density at radius 2 is 1.89 bits per heavy atom. The van der Waals surface area contributed by atoms with E-state index in [4.69, 9.17) is 4.74 Å². The van der Waals surface area contributed by atoms with Crippen LogP contribution in [0.5, 0.6) is 5.75 Å². The van der Waals surface area contributed by atoms with Gasteiger partial charge in [-0.15, -0.1) is 5.10 Å². The van der Waals surface area contributed by atoms with Crippen molar-refractivity contribution < 1.29 is 13.9 Å². The summed E-state index contributed by atoms with van der Waals surface area (Å²) in [4.78, 5) is 24.6. The first-order chi connectivity index (χ1) is 13.0. The molecule has 3 aromatic rings. The van der Waals surface area contributed by atoms with Gasteiger partial charge in [0.1, 0.15) is 11.6 Å². The number of para-hydroxylation sites is 1. The predicted octanol–water partition coefficient (Wildman–Crippen LogP) is 1.83. The van der Waals surface area contributed by atoms with Crippen molar-refractivity contribution in [3.63, 3.8) is 0 Å². The van der Waals surface area contributed by atoms with Crippen molar-refractivity contribution in [3.8, 4) is 17.1 Å². The Balaban J connectivity index is 1.70. The first-order valence-corrected chi connectivity index (χ1v) is 8.32. The van der Waals surface area contributed by atoms with Crippen molar-refractivity contribution in [2.45, 2.75) is 6.54 Å². The number of nitrogens with one attached hydrogen (secondary N) is 1. The highest BCUT2D eigenvalue weighted by Gasteiger charge is 2.14. The molecule has 1 aromatic heterocycles. The van der Waals surface area contributed by atoms with E-state index in [9.17, 15) is 14.0 Å². The van der Waals surface area contributed by atoms with Gasteiger partial charge in [-0.25, -0.2) is 13.9 Å². The van der Waals surface area contributed by atoms with Crippen LogP contribution in [0, 0.1) is 5.82 Å². The van der Waals surface area contributed by atoms with Gasteiger partial charge in [0.15, 0.2) is 5.82 Å². The van der Waals surface area contributed by atoms with Crippen LogP contribution in [-0.4, -0.2) is 33.9 Å². The number of aromatic nitrogens is 3. The quantitative estimate of drug-likeness (QED) is 0.718. The molecule has 27 heavy (non-hydrogen) atoms. The second kappa shape index (κ2) is 7.86. The molecule has 0 spiro atoms. The SMILES string of the molecule is COc1ccccc1C(=O)NCCn1nc(-c2ccc(F)cc2)n(C)c1=O. The van der Waals surface area contributed by atoms with Gasteiger partial charge in [-0.3, -0.25) is 9.36 Å². The molecule has 0 aliphatic carbocycles. The number of hydrogen-bond acceptors (Lipinski definition) is 4. The van der Waals surface area contributed by atoms with E-state index in [1.165, 1.54) is 28.5 Å². The predicted molar refractivity (Wildman–Crippen MR) is 98.2 cm³/mol. The lowest BCUT2D eigenvalue weighted by Gasteiger charge is -2.08. The Kier molecular flexibility index (Phi) is 5.35. The van der Waals surface area contributed by atoms with Gasteiger partial charge in [0.25, 0.3) is 5.91 Å². The van der Waals surface area contributed by atoms with Crippen LogP contribution in [0.3, 0.4) is 0 Å². The van der Waals surface area contributed by atoms with Crippen molar-refractivity contribution in [1.29, 1.82) is 0 Å². The molecule has 8 heteroatoms. The van der Waals surface area contributed by atoms with Crippen LogP contribution in [0.2, 0.25) is 0 Å². The van der Waals surface area contributed by atoms with Crippen LogP contribution < -0.4 is 15.7 Å². The van der Waals surface area contributed by atoms with Crippen LogP contribution in [0.4, 0.5) is 4.39 Å². The molecule has 0 atom stereocenters. The summed E-state index contributed by atoms with van der Waals surface area (Å²) >= 11 is 0. The molecule has 0 aliphatic rings. The maximum Gasteiger partial charge on any atom is 0.345 e. The van der Waals surface area contributed by atoms with Crippen LogP contribution in [0.15, 0.2) is 53.3 Å². The van der Waals surface area contributed by atoms with E-state index in [1.807, 2.05) is 0 Å². The summed E-state index contributed by atoms with van der Waals surface area (Å²) in [5.41, 5.74) is 0.731. The Hall–Kier alpha value is -3.42. The Morgan fingerprint density at radius 3 is 2.59 bits per heavy atom. The topological polar surface area (TPSA) is 78.2 Å². The molecular formula is C19H19FN4O3. The van der Waals surface area contributed by atoms with E-state index < -0.39 is 0 Å². The molecule has 0 saturated heterocycles. The normalized spacial score (nSPS) is 10.6. The van der Waals surface area contributed by atoms with Gasteiger partial charge in [0, 0.05) is 19.2 Å². The Labute approximate surface area is 155 Å². The van der Waals surface area contributed by atoms with Gasteiger partial charge in [0.05, 0.1) is 19.2 Å². The number of amides is 1. The van der Waals surface area contributed by atoms with Crippen LogP contribution in [0.1, 0.15) is 10.4 Å². The Bertz CT molecular complexity index is 1010. The van der Waals surface area contributed by atoms with E-state index in [0.717, 1.165) is 0 Å². The van der Waals surface area contributed by atoms with Gasteiger partial charge in [-0.2, -0.15) is 0 Å². The molecule has 2 aromatic carbocycles. The van der Waals surface area contributed by atoms with Crippen LogP contribution >= 0.6 is 0 Å². The molecule has 140 valence electrons. The Morgan fingerprint density at radius 1 is 1.19 bits per heavy atom. The third-order valence-corrected chi connectivity index (χ3v) is 4.10. The zero-order chi connectivity index (χ0) is 19.4. The minimum Gasteiger partial charge on any atom is -0.496 e. The summed E-state index contributed by atoms with van der Waals surface area (Å²) < 4.78 is 20.9. The summed E-state index contributed by atoms with van der Waals surface area (Å²) in [6.07, 6.45) is 0. The molecule has 1 heterocycles. The number of rotatable bonds is 6. The summed E-state index contributed by atoms with van der Waals surface area (Å²) in [6.45, 7) is 0.422. The fourth-order valence-electron chi connectivity index (χ4n) is 2.69. The number of benzene rings is 2. The molecule has 3 rings (SSSR count). The minimum atomic E-state index is -0.359. The molecule has 0 unspecified atom stereocenters. The zero-order valence-corrected chi connectivity index (χ0v) is 15.0. The first kappa shape index (κ1) is 18.4. The first-order valence-electron chi connectivity index (χ1n) is 8.32. The number of ether oxygens (including phenoxy) is 1. The maximum atomic E-state index is 13.1.